The largest absolute Gasteiger partial charge is 0.289 e. The van der Waals surface area contributed by atoms with Crippen molar-refractivity contribution < 1.29 is 4.79 Å². The minimum absolute atomic E-state index is 0.158. The molecule has 0 radical (unpaired) electrons. The summed E-state index contributed by atoms with van der Waals surface area (Å²) in [6, 6.07) is 7.52. The topological polar surface area (TPSA) is 41.8 Å². The Labute approximate surface area is 109 Å². The van der Waals surface area contributed by atoms with Crippen LogP contribution in [0, 0.1) is 6.92 Å². The van der Waals surface area contributed by atoms with Crippen LogP contribution in [-0.2, 0) is 4.79 Å². The Morgan fingerprint density at radius 1 is 1.24 bits per heavy atom. The van der Waals surface area contributed by atoms with Crippen LogP contribution in [0.1, 0.15) is 18.1 Å². The van der Waals surface area contributed by atoms with Gasteiger partial charge in [0.05, 0.1) is 0 Å². The van der Waals surface area contributed by atoms with Crippen LogP contribution in [-0.4, -0.2) is 21.8 Å². The summed E-state index contributed by atoms with van der Waals surface area (Å²) in [5.74, 6) is -0.501. The Morgan fingerprint density at radius 2 is 1.82 bits per heavy atom. The first-order valence-corrected chi connectivity index (χ1v) is 5.80. The number of benzene rings is 1. The molecule has 0 N–H and O–H groups in total. The standard InChI is InChI=1S/C12H10Cl2N2O/c1-7-3-5-8(6-4-7)9-10(13)16-12(2,14)11(17)15-9/h3-6H,1-2H3. The Balaban J connectivity index is 2.45. The average Bonchev–Trinajstić information content (AvgIpc) is 2.24. The van der Waals surface area contributed by atoms with Crippen molar-refractivity contribution in [2.75, 3.05) is 0 Å². The van der Waals surface area contributed by atoms with Crippen molar-refractivity contribution in [1.29, 1.82) is 0 Å². The second-order valence-corrected chi connectivity index (χ2v) is 5.08. The number of hydrogen-bond donors (Lipinski definition) is 0. The smallest absolute Gasteiger partial charge is 0.268 e. The van der Waals surface area contributed by atoms with E-state index < -0.39 is 10.9 Å². The van der Waals surface area contributed by atoms with Crippen molar-refractivity contribution in [3.8, 4) is 0 Å². The first-order valence-electron chi connectivity index (χ1n) is 5.05. The normalized spacial score (nSPS) is 24.4. The summed E-state index contributed by atoms with van der Waals surface area (Å²) in [7, 11) is 0. The predicted molar refractivity (Wildman–Crippen MR) is 70.3 cm³/mol. The van der Waals surface area contributed by atoms with E-state index in [-0.39, 0.29) is 5.17 Å². The van der Waals surface area contributed by atoms with Gasteiger partial charge in [-0.25, -0.2) is 9.98 Å². The van der Waals surface area contributed by atoms with E-state index in [2.05, 4.69) is 9.98 Å². The molecule has 1 atom stereocenters. The minimum atomic E-state index is -1.38. The van der Waals surface area contributed by atoms with Gasteiger partial charge in [-0.2, -0.15) is 0 Å². The maximum Gasteiger partial charge on any atom is 0.289 e. The number of alkyl halides is 1. The molecule has 88 valence electrons. The van der Waals surface area contributed by atoms with Crippen LogP contribution in [0.5, 0.6) is 0 Å². The third-order valence-electron chi connectivity index (χ3n) is 2.43. The summed E-state index contributed by atoms with van der Waals surface area (Å²) >= 11 is 11.9. The van der Waals surface area contributed by atoms with Gasteiger partial charge in [-0.3, -0.25) is 4.79 Å². The van der Waals surface area contributed by atoms with Crippen molar-refractivity contribution in [2.24, 2.45) is 9.98 Å². The van der Waals surface area contributed by atoms with Crippen molar-refractivity contribution in [3.63, 3.8) is 0 Å². The van der Waals surface area contributed by atoms with Crippen LogP contribution in [0.3, 0.4) is 0 Å². The average molecular weight is 269 g/mol. The van der Waals surface area contributed by atoms with Gasteiger partial charge in [0.2, 0.25) is 5.00 Å². The summed E-state index contributed by atoms with van der Waals surface area (Å²) in [6.07, 6.45) is 0. The molecule has 1 aliphatic heterocycles. The number of aliphatic imine (C=N–C) groups is 2. The van der Waals surface area contributed by atoms with Gasteiger partial charge in [0.15, 0.2) is 5.17 Å². The molecule has 1 aliphatic rings. The van der Waals surface area contributed by atoms with E-state index >= 15 is 0 Å². The first-order chi connectivity index (χ1) is 7.90. The second kappa shape index (κ2) is 4.24. The van der Waals surface area contributed by atoms with Gasteiger partial charge in [-0.05, 0) is 13.8 Å². The van der Waals surface area contributed by atoms with E-state index in [4.69, 9.17) is 23.2 Å². The Hall–Kier alpha value is -1.19. The molecule has 1 aromatic rings. The van der Waals surface area contributed by atoms with E-state index in [9.17, 15) is 4.79 Å². The summed E-state index contributed by atoms with van der Waals surface area (Å²) in [5, 5.41) is 0.158. The van der Waals surface area contributed by atoms with Gasteiger partial charge in [0.1, 0.15) is 5.71 Å². The number of carbonyl (C=O) groups excluding carboxylic acids is 1. The molecule has 17 heavy (non-hydrogen) atoms. The molecule has 0 saturated heterocycles. The lowest BCUT2D eigenvalue weighted by Crippen LogP contribution is -2.33. The van der Waals surface area contributed by atoms with Crippen LogP contribution >= 0.6 is 23.2 Å². The molecule has 1 unspecified atom stereocenters. The molecule has 5 heteroatoms. The lowest BCUT2D eigenvalue weighted by Gasteiger charge is -2.19. The lowest BCUT2D eigenvalue weighted by atomic mass is 10.1. The molecule has 2 rings (SSSR count). The zero-order valence-electron chi connectivity index (χ0n) is 9.37. The molecular formula is C12H10Cl2N2O. The third kappa shape index (κ3) is 2.40. The van der Waals surface area contributed by atoms with Gasteiger partial charge in [-0.15, -0.1) is 0 Å². The highest BCUT2D eigenvalue weighted by molar-refractivity contribution is 6.86. The lowest BCUT2D eigenvalue weighted by molar-refractivity contribution is -0.119. The number of aryl methyl sites for hydroxylation is 1. The Bertz CT molecular complexity index is 530. The fourth-order valence-electron chi connectivity index (χ4n) is 1.43. The van der Waals surface area contributed by atoms with E-state index in [1.54, 1.807) is 0 Å². The molecule has 1 amide bonds. The molecule has 1 aromatic carbocycles. The molecule has 0 spiro atoms. The molecular weight excluding hydrogens is 259 g/mol. The number of carbonyl (C=O) groups is 1. The second-order valence-electron chi connectivity index (χ2n) is 3.99. The zero-order valence-corrected chi connectivity index (χ0v) is 10.9. The van der Waals surface area contributed by atoms with Gasteiger partial charge in [0, 0.05) is 5.56 Å². The molecule has 0 fully saturated rings. The maximum atomic E-state index is 11.6. The molecule has 0 bridgehead atoms. The Kier molecular flexibility index (Phi) is 3.06. The maximum absolute atomic E-state index is 11.6. The number of nitrogens with zero attached hydrogens (tertiary/aromatic N) is 2. The highest BCUT2D eigenvalue weighted by atomic mass is 35.5. The fraction of sp³-hybridized carbons (Fsp3) is 0.250. The minimum Gasteiger partial charge on any atom is -0.268 e. The first kappa shape index (κ1) is 12.3. The zero-order chi connectivity index (χ0) is 12.6. The van der Waals surface area contributed by atoms with Crippen molar-refractivity contribution in [2.45, 2.75) is 18.8 Å². The summed E-state index contributed by atoms with van der Waals surface area (Å²) < 4.78 is 0. The molecule has 1 heterocycles. The SMILES string of the molecule is Cc1ccc(C2=NC(=O)C(C)(Cl)N=C2Cl)cc1. The monoisotopic (exact) mass is 268 g/mol. The number of rotatable bonds is 1. The molecule has 0 saturated carbocycles. The molecule has 0 aliphatic carbocycles. The predicted octanol–water partition coefficient (Wildman–Crippen LogP) is 2.92. The van der Waals surface area contributed by atoms with Crippen LogP contribution in [0.2, 0.25) is 0 Å². The van der Waals surface area contributed by atoms with Crippen molar-refractivity contribution >= 4 is 40.0 Å². The molecule has 3 nitrogen and oxygen atoms in total. The van der Waals surface area contributed by atoms with Crippen LogP contribution < -0.4 is 0 Å². The van der Waals surface area contributed by atoms with Gasteiger partial charge in [0.25, 0.3) is 5.91 Å². The van der Waals surface area contributed by atoms with E-state index in [0.717, 1.165) is 11.1 Å². The van der Waals surface area contributed by atoms with Gasteiger partial charge < -0.3 is 0 Å². The Morgan fingerprint density at radius 3 is 2.41 bits per heavy atom. The van der Waals surface area contributed by atoms with Crippen LogP contribution in [0.15, 0.2) is 34.3 Å². The van der Waals surface area contributed by atoms with Crippen LogP contribution in [0.4, 0.5) is 0 Å². The van der Waals surface area contributed by atoms with Crippen molar-refractivity contribution in [3.05, 3.63) is 35.4 Å². The van der Waals surface area contributed by atoms with E-state index in [1.807, 2.05) is 31.2 Å². The highest BCUT2D eigenvalue weighted by Gasteiger charge is 2.35. The number of amides is 1. The van der Waals surface area contributed by atoms with Gasteiger partial charge in [-0.1, -0.05) is 53.0 Å². The van der Waals surface area contributed by atoms with Crippen molar-refractivity contribution in [1.82, 2.24) is 0 Å². The highest BCUT2D eigenvalue weighted by Crippen LogP contribution is 2.25. The summed E-state index contributed by atoms with van der Waals surface area (Å²) in [6.45, 7) is 3.44. The van der Waals surface area contributed by atoms with E-state index in [1.165, 1.54) is 6.92 Å². The fourth-order valence-corrected chi connectivity index (χ4v) is 1.92. The third-order valence-corrected chi connectivity index (χ3v) is 2.94. The van der Waals surface area contributed by atoms with Gasteiger partial charge >= 0.3 is 0 Å². The molecule has 0 aromatic heterocycles. The summed E-state index contributed by atoms with van der Waals surface area (Å²) in [5.41, 5.74) is 2.24. The quantitative estimate of drug-likeness (QED) is 0.571. The summed E-state index contributed by atoms with van der Waals surface area (Å²) in [4.78, 5) is 18.1. The van der Waals surface area contributed by atoms with E-state index in [0.29, 0.717) is 5.71 Å². The number of halogens is 2. The number of hydrogen-bond acceptors (Lipinski definition) is 2. The van der Waals surface area contributed by atoms with Crippen LogP contribution in [0.25, 0.3) is 0 Å².